The van der Waals surface area contributed by atoms with Crippen LogP contribution in [0.1, 0.15) is 88.5 Å². The molecule has 0 aromatic heterocycles. The molecule has 0 N–H and O–H groups in total. The summed E-state index contributed by atoms with van der Waals surface area (Å²) in [6.45, 7) is 18.4. The van der Waals surface area contributed by atoms with E-state index in [1.807, 2.05) is 0 Å². The molecule has 0 heterocycles. The Morgan fingerprint density at radius 3 is 1.28 bits per heavy atom. The Bertz CT molecular complexity index is 686. The van der Waals surface area contributed by atoms with E-state index in [2.05, 4.69) is 104 Å². The van der Waals surface area contributed by atoms with Crippen molar-refractivity contribution in [2.75, 3.05) is 0 Å². The maximum Gasteiger partial charge on any atom is 0.0670 e. The van der Waals surface area contributed by atoms with Gasteiger partial charge >= 0.3 is 0 Å². The molecule has 0 amide bonds. The molecule has 1 heteroatoms. The molecule has 2 aromatic carbocycles. The molecule has 2 rings (SSSR count). The van der Waals surface area contributed by atoms with Crippen molar-refractivity contribution in [3.05, 3.63) is 70.8 Å². The van der Waals surface area contributed by atoms with Crippen molar-refractivity contribution in [2.45, 2.75) is 92.3 Å². The van der Waals surface area contributed by atoms with E-state index in [0.29, 0.717) is 23.7 Å². The largest absolute Gasteiger partial charge is 0.373 e. The van der Waals surface area contributed by atoms with Crippen molar-refractivity contribution in [1.82, 2.24) is 0 Å². The molecule has 6 unspecified atom stereocenters. The molecule has 0 bridgehead atoms. The molecule has 1 nitrogen and oxygen atoms in total. The Morgan fingerprint density at radius 1 is 0.621 bits per heavy atom. The first-order chi connectivity index (χ1) is 13.8. The maximum atomic E-state index is 7.10. The van der Waals surface area contributed by atoms with Gasteiger partial charge in [0.2, 0.25) is 0 Å². The number of benzene rings is 2. The zero-order chi connectivity index (χ0) is 21.6. The lowest BCUT2D eigenvalue weighted by Gasteiger charge is -2.39. The molecule has 160 valence electrons. The van der Waals surface area contributed by atoms with Gasteiger partial charge in [0, 0.05) is 11.8 Å². The first kappa shape index (κ1) is 23.7. The van der Waals surface area contributed by atoms with Gasteiger partial charge in [0.1, 0.15) is 0 Å². The minimum atomic E-state index is 0.214. The van der Waals surface area contributed by atoms with E-state index >= 15 is 0 Å². The van der Waals surface area contributed by atoms with Crippen molar-refractivity contribution in [3.63, 3.8) is 0 Å². The van der Waals surface area contributed by atoms with E-state index in [1.165, 1.54) is 22.3 Å². The van der Waals surface area contributed by atoms with E-state index in [1.54, 1.807) is 0 Å². The third kappa shape index (κ3) is 5.72. The lowest BCUT2D eigenvalue weighted by molar-refractivity contribution is -0.0835. The molecule has 0 radical (unpaired) electrons. The first-order valence-corrected chi connectivity index (χ1v) is 11.6. The lowest BCUT2D eigenvalue weighted by atomic mass is 9.82. The van der Waals surface area contributed by atoms with Crippen molar-refractivity contribution in [1.29, 1.82) is 0 Å². The molecule has 0 aliphatic heterocycles. The summed E-state index contributed by atoms with van der Waals surface area (Å²) in [6, 6.07) is 17.6. The highest BCUT2D eigenvalue weighted by atomic mass is 16.5. The highest BCUT2D eigenvalue weighted by molar-refractivity contribution is 5.31. The first-order valence-electron chi connectivity index (χ1n) is 11.6. The van der Waals surface area contributed by atoms with Gasteiger partial charge in [-0.15, -0.1) is 0 Å². The molecule has 29 heavy (non-hydrogen) atoms. The number of ether oxygens (including phenoxy) is 1. The van der Waals surface area contributed by atoms with Gasteiger partial charge in [0.25, 0.3) is 0 Å². The van der Waals surface area contributed by atoms with Crippen LogP contribution in [0.5, 0.6) is 0 Å². The van der Waals surface area contributed by atoms with Crippen LogP contribution in [0.2, 0.25) is 0 Å². The Labute approximate surface area is 179 Å². The summed E-state index contributed by atoms with van der Waals surface area (Å²) in [5.74, 6) is 1.78. The molecule has 0 spiro atoms. The summed E-state index contributed by atoms with van der Waals surface area (Å²) in [7, 11) is 0. The van der Waals surface area contributed by atoms with Gasteiger partial charge in [0.05, 0.1) is 12.2 Å². The molecular weight excluding hydrogens is 352 g/mol. The van der Waals surface area contributed by atoms with Crippen LogP contribution in [0.15, 0.2) is 48.5 Å². The minimum Gasteiger partial charge on any atom is -0.373 e. The van der Waals surface area contributed by atoms with Gasteiger partial charge in [-0.2, -0.15) is 0 Å². The summed E-state index contributed by atoms with van der Waals surface area (Å²) in [5.41, 5.74) is 5.57. The Morgan fingerprint density at radius 2 is 0.966 bits per heavy atom. The van der Waals surface area contributed by atoms with Gasteiger partial charge < -0.3 is 4.74 Å². The predicted octanol–water partition coefficient (Wildman–Crippen LogP) is 8.06. The van der Waals surface area contributed by atoms with Crippen LogP contribution in [-0.2, 0) is 4.74 Å². The van der Waals surface area contributed by atoms with Gasteiger partial charge in [-0.25, -0.2) is 0 Å². The van der Waals surface area contributed by atoms with Crippen molar-refractivity contribution >= 4 is 0 Å². The lowest BCUT2D eigenvalue weighted by Crippen LogP contribution is -2.38. The second-order valence-electron chi connectivity index (χ2n) is 9.13. The predicted molar refractivity (Wildman–Crippen MR) is 127 cm³/mol. The second-order valence-corrected chi connectivity index (χ2v) is 9.13. The molecular formula is C28H42O. The molecule has 6 atom stereocenters. The Hall–Kier alpha value is -1.60. The van der Waals surface area contributed by atoms with E-state index < -0.39 is 0 Å². The fourth-order valence-electron chi connectivity index (χ4n) is 4.68. The Balaban J connectivity index is 2.38. The SMILES string of the molecule is CCC(C)C(OC(C(C)CC)C(C)c1ccccc1C)C(C)c1ccccc1C. The van der Waals surface area contributed by atoms with E-state index in [0.717, 1.165) is 12.8 Å². The zero-order valence-corrected chi connectivity index (χ0v) is 19.9. The van der Waals surface area contributed by atoms with Crippen LogP contribution in [-0.4, -0.2) is 12.2 Å². The molecule has 0 aliphatic rings. The minimum absolute atomic E-state index is 0.214. The number of rotatable bonds is 10. The van der Waals surface area contributed by atoms with Crippen molar-refractivity contribution in [2.24, 2.45) is 11.8 Å². The summed E-state index contributed by atoms with van der Waals surface area (Å²) < 4.78 is 7.10. The summed E-state index contributed by atoms with van der Waals surface area (Å²) in [6.07, 6.45) is 2.69. The number of hydrogen-bond donors (Lipinski definition) is 0. The Kier molecular flexibility index (Phi) is 8.96. The molecule has 0 fully saturated rings. The standard InChI is InChI=1S/C28H42O/c1-9-19(3)27(23(7)25-17-13-11-15-21(25)5)29-28(20(4)10-2)24(8)26-18-14-12-16-22(26)6/h11-20,23-24,27-28H,9-10H2,1-8H3. The normalized spacial score (nSPS) is 17.9. The maximum absolute atomic E-state index is 7.10. The number of aryl methyl sites for hydroxylation is 2. The van der Waals surface area contributed by atoms with Crippen LogP contribution in [0, 0.1) is 25.7 Å². The molecule has 0 saturated carbocycles. The fourth-order valence-corrected chi connectivity index (χ4v) is 4.68. The van der Waals surface area contributed by atoms with Crippen LogP contribution < -0.4 is 0 Å². The molecule has 0 saturated heterocycles. The topological polar surface area (TPSA) is 9.23 Å². The van der Waals surface area contributed by atoms with E-state index in [-0.39, 0.29) is 12.2 Å². The zero-order valence-electron chi connectivity index (χ0n) is 19.9. The highest BCUT2D eigenvalue weighted by Crippen LogP contribution is 2.37. The third-order valence-electron chi connectivity index (χ3n) is 7.07. The van der Waals surface area contributed by atoms with Gasteiger partial charge in [-0.3, -0.25) is 0 Å². The molecule has 0 aliphatic carbocycles. The summed E-state index contributed by atoms with van der Waals surface area (Å²) >= 11 is 0. The van der Waals surface area contributed by atoms with Crippen LogP contribution >= 0.6 is 0 Å². The summed E-state index contributed by atoms with van der Waals surface area (Å²) in [4.78, 5) is 0. The smallest absolute Gasteiger partial charge is 0.0670 e. The number of hydrogen-bond acceptors (Lipinski definition) is 1. The second kappa shape index (κ2) is 11.0. The average molecular weight is 395 g/mol. The van der Waals surface area contributed by atoms with Gasteiger partial charge in [-0.05, 0) is 47.9 Å². The third-order valence-corrected chi connectivity index (χ3v) is 7.07. The quantitative estimate of drug-likeness (QED) is 0.396. The highest BCUT2D eigenvalue weighted by Gasteiger charge is 2.33. The van der Waals surface area contributed by atoms with Gasteiger partial charge in [0.15, 0.2) is 0 Å². The van der Waals surface area contributed by atoms with Crippen molar-refractivity contribution < 1.29 is 4.74 Å². The van der Waals surface area contributed by atoms with Crippen LogP contribution in [0.25, 0.3) is 0 Å². The van der Waals surface area contributed by atoms with Crippen LogP contribution in [0.4, 0.5) is 0 Å². The van der Waals surface area contributed by atoms with Gasteiger partial charge in [-0.1, -0.05) is 103 Å². The van der Waals surface area contributed by atoms with Crippen molar-refractivity contribution in [3.8, 4) is 0 Å². The average Bonchev–Trinajstić information content (AvgIpc) is 2.73. The molecule has 2 aromatic rings. The van der Waals surface area contributed by atoms with Crippen LogP contribution in [0.3, 0.4) is 0 Å². The summed E-state index contributed by atoms with van der Waals surface area (Å²) in [5, 5.41) is 0. The monoisotopic (exact) mass is 394 g/mol. The van der Waals surface area contributed by atoms with E-state index in [4.69, 9.17) is 4.74 Å². The fraction of sp³-hybridized carbons (Fsp3) is 0.571. The van der Waals surface area contributed by atoms with E-state index in [9.17, 15) is 0 Å².